The molecular weight excluding hydrogens is 340 g/mol. The molecule has 1 aliphatic carbocycles. The topological polar surface area (TPSA) is 106 Å². The zero-order valence-electron chi connectivity index (χ0n) is 14.7. The van der Waals surface area contributed by atoms with Crippen molar-refractivity contribution in [2.45, 2.75) is 44.6 Å². The lowest BCUT2D eigenvalue weighted by molar-refractivity contribution is 0.328. The molecule has 2 rings (SSSR count). The number of rotatable bonds is 7. The summed E-state index contributed by atoms with van der Waals surface area (Å²) in [6.07, 6.45) is 8.53. The van der Waals surface area contributed by atoms with Crippen LogP contribution in [0.4, 0.5) is 5.69 Å². The summed E-state index contributed by atoms with van der Waals surface area (Å²) in [6.45, 7) is 0.876. The van der Waals surface area contributed by atoms with E-state index in [1.54, 1.807) is 24.3 Å². The fraction of sp³-hybridized carbons (Fsp3) is 0.588. The number of nitrogens with two attached hydrogens (primary N) is 1. The minimum Gasteiger partial charge on any atom is -0.492 e. The number of nitrogens with one attached hydrogen (secondary N) is 2. The van der Waals surface area contributed by atoms with Gasteiger partial charge in [0, 0.05) is 11.7 Å². The molecule has 7 nitrogen and oxygen atoms in total. The van der Waals surface area contributed by atoms with Crippen LogP contribution in [0, 0.1) is 0 Å². The van der Waals surface area contributed by atoms with Crippen molar-refractivity contribution in [3.63, 3.8) is 0 Å². The van der Waals surface area contributed by atoms with E-state index < -0.39 is 10.0 Å². The zero-order chi connectivity index (χ0) is 18.1. The van der Waals surface area contributed by atoms with Gasteiger partial charge in [-0.1, -0.05) is 25.7 Å². The molecule has 0 amide bonds. The Morgan fingerprint density at radius 2 is 1.84 bits per heavy atom. The van der Waals surface area contributed by atoms with Crippen molar-refractivity contribution < 1.29 is 13.2 Å². The Labute approximate surface area is 150 Å². The highest BCUT2D eigenvalue weighted by Gasteiger charge is 2.12. The first-order valence-electron chi connectivity index (χ1n) is 8.69. The molecule has 0 aliphatic heterocycles. The van der Waals surface area contributed by atoms with Gasteiger partial charge in [0.05, 0.1) is 12.8 Å². The summed E-state index contributed by atoms with van der Waals surface area (Å²) in [7, 11) is -3.26. The maximum Gasteiger partial charge on any atom is 0.229 e. The van der Waals surface area contributed by atoms with Crippen LogP contribution in [-0.4, -0.2) is 39.8 Å². The quantitative estimate of drug-likeness (QED) is 0.296. The van der Waals surface area contributed by atoms with Gasteiger partial charge in [-0.3, -0.25) is 4.72 Å². The van der Waals surface area contributed by atoms with Gasteiger partial charge in [-0.05, 0) is 37.1 Å². The first-order chi connectivity index (χ1) is 11.9. The largest absolute Gasteiger partial charge is 0.492 e. The van der Waals surface area contributed by atoms with Crippen LogP contribution in [0.2, 0.25) is 0 Å². The summed E-state index contributed by atoms with van der Waals surface area (Å²) in [5.41, 5.74) is 6.44. The highest BCUT2D eigenvalue weighted by molar-refractivity contribution is 7.92. The fourth-order valence-corrected chi connectivity index (χ4v) is 3.41. The molecule has 0 bridgehead atoms. The van der Waals surface area contributed by atoms with E-state index in [1.807, 2.05) is 0 Å². The number of nitrogens with zero attached hydrogens (tertiary/aromatic N) is 1. The van der Waals surface area contributed by atoms with Gasteiger partial charge >= 0.3 is 0 Å². The summed E-state index contributed by atoms with van der Waals surface area (Å²) in [4.78, 5) is 4.30. The van der Waals surface area contributed by atoms with E-state index in [-0.39, 0.29) is 0 Å². The lowest BCUT2D eigenvalue weighted by Gasteiger charge is -2.16. The molecular formula is C17H28N4O3S. The first-order valence-corrected chi connectivity index (χ1v) is 10.6. The minimum atomic E-state index is -3.26. The number of aliphatic imine (C=N–C) groups is 1. The zero-order valence-corrected chi connectivity index (χ0v) is 15.5. The summed E-state index contributed by atoms with van der Waals surface area (Å²) in [6, 6.07) is 7.17. The number of guanidine groups is 1. The highest BCUT2D eigenvalue weighted by atomic mass is 32.2. The van der Waals surface area contributed by atoms with E-state index in [0.717, 1.165) is 19.1 Å². The standard InChI is InChI=1S/C17H28N4O3S/c1-25(22,23)21-15-8-10-16(11-9-15)24-13-12-19-17(18)20-14-6-4-2-3-5-7-14/h8-11,14,21H,2-7,12-13H2,1H3,(H3,18,19,20). The summed E-state index contributed by atoms with van der Waals surface area (Å²) < 4.78 is 30.3. The number of sulfonamides is 1. The first kappa shape index (κ1) is 19.4. The Balaban J connectivity index is 1.70. The number of hydrogen-bond donors (Lipinski definition) is 3. The normalized spacial score (nSPS) is 16.9. The van der Waals surface area contributed by atoms with E-state index in [1.165, 1.54) is 25.7 Å². The molecule has 140 valence electrons. The Morgan fingerprint density at radius 1 is 1.20 bits per heavy atom. The van der Waals surface area contributed by atoms with Crippen LogP contribution in [0.25, 0.3) is 0 Å². The van der Waals surface area contributed by atoms with Gasteiger partial charge in [0.1, 0.15) is 12.4 Å². The molecule has 0 atom stereocenters. The van der Waals surface area contributed by atoms with Gasteiger partial charge in [0.25, 0.3) is 0 Å². The Hall–Kier alpha value is -1.96. The predicted molar refractivity (Wildman–Crippen MR) is 102 cm³/mol. The molecule has 0 unspecified atom stereocenters. The molecule has 1 aliphatic rings. The fourth-order valence-electron chi connectivity index (χ4n) is 2.84. The van der Waals surface area contributed by atoms with Gasteiger partial charge in [-0.2, -0.15) is 0 Å². The summed E-state index contributed by atoms with van der Waals surface area (Å²) >= 11 is 0. The lowest BCUT2D eigenvalue weighted by atomic mass is 10.1. The Morgan fingerprint density at radius 3 is 2.44 bits per heavy atom. The van der Waals surface area contributed by atoms with Gasteiger partial charge in [0.15, 0.2) is 5.96 Å². The number of anilines is 1. The predicted octanol–water partition coefficient (Wildman–Crippen LogP) is 2.06. The van der Waals surface area contributed by atoms with Gasteiger partial charge in [0.2, 0.25) is 10.0 Å². The smallest absolute Gasteiger partial charge is 0.229 e. The van der Waals surface area contributed by atoms with Crippen LogP contribution in [0.15, 0.2) is 29.3 Å². The van der Waals surface area contributed by atoms with E-state index in [4.69, 9.17) is 10.5 Å². The molecule has 1 aromatic rings. The lowest BCUT2D eigenvalue weighted by Crippen LogP contribution is -2.40. The maximum absolute atomic E-state index is 11.1. The third kappa shape index (κ3) is 8.11. The molecule has 0 saturated heterocycles. The molecule has 0 aromatic heterocycles. The van der Waals surface area contributed by atoms with Crippen molar-refractivity contribution in [3.05, 3.63) is 24.3 Å². The van der Waals surface area contributed by atoms with E-state index in [9.17, 15) is 8.42 Å². The van der Waals surface area contributed by atoms with Crippen LogP contribution in [0.1, 0.15) is 38.5 Å². The van der Waals surface area contributed by atoms with E-state index in [0.29, 0.717) is 36.6 Å². The van der Waals surface area contributed by atoms with Crippen molar-refractivity contribution in [3.8, 4) is 5.75 Å². The van der Waals surface area contributed by atoms with Crippen molar-refractivity contribution in [2.24, 2.45) is 10.7 Å². The maximum atomic E-state index is 11.1. The van der Waals surface area contributed by atoms with Crippen LogP contribution in [0.3, 0.4) is 0 Å². The molecule has 4 N–H and O–H groups in total. The average Bonchev–Trinajstić information content (AvgIpc) is 2.80. The third-order valence-electron chi connectivity index (χ3n) is 4.01. The van der Waals surface area contributed by atoms with Crippen molar-refractivity contribution in [2.75, 3.05) is 24.1 Å². The number of hydrogen-bond acceptors (Lipinski definition) is 4. The van der Waals surface area contributed by atoms with E-state index in [2.05, 4.69) is 15.0 Å². The molecule has 0 spiro atoms. The summed E-state index contributed by atoms with van der Waals surface area (Å²) in [5, 5.41) is 3.29. The van der Waals surface area contributed by atoms with Gasteiger partial charge < -0.3 is 15.8 Å². The average molecular weight is 369 g/mol. The van der Waals surface area contributed by atoms with Crippen LogP contribution >= 0.6 is 0 Å². The second kappa shape index (κ2) is 9.50. The Kier molecular flexibility index (Phi) is 7.36. The summed E-state index contributed by atoms with van der Waals surface area (Å²) in [5.74, 6) is 1.13. The van der Waals surface area contributed by atoms with Crippen molar-refractivity contribution in [1.29, 1.82) is 0 Å². The van der Waals surface area contributed by atoms with Crippen LogP contribution in [0.5, 0.6) is 5.75 Å². The van der Waals surface area contributed by atoms with Crippen molar-refractivity contribution in [1.82, 2.24) is 5.32 Å². The third-order valence-corrected chi connectivity index (χ3v) is 4.61. The molecule has 25 heavy (non-hydrogen) atoms. The molecule has 0 radical (unpaired) electrons. The molecule has 8 heteroatoms. The second-order valence-corrected chi connectivity index (χ2v) is 8.10. The van der Waals surface area contributed by atoms with Crippen LogP contribution in [-0.2, 0) is 10.0 Å². The van der Waals surface area contributed by atoms with Gasteiger partial charge in [-0.25, -0.2) is 13.4 Å². The van der Waals surface area contributed by atoms with Gasteiger partial charge in [-0.15, -0.1) is 0 Å². The molecule has 1 fully saturated rings. The molecule has 1 saturated carbocycles. The molecule has 0 heterocycles. The van der Waals surface area contributed by atoms with E-state index >= 15 is 0 Å². The SMILES string of the molecule is CS(=O)(=O)Nc1ccc(OCCN=C(N)NC2CCCCCC2)cc1. The monoisotopic (exact) mass is 368 g/mol. The highest BCUT2D eigenvalue weighted by Crippen LogP contribution is 2.17. The number of benzene rings is 1. The van der Waals surface area contributed by atoms with Crippen molar-refractivity contribution >= 4 is 21.7 Å². The van der Waals surface area contributed by atoms with Crippen LogP contribution < -0.4 is 20.5 Å². The Bertz CT molecular complexity index is 651. The molecule has 1 aromatic carbocycles. The minimum absolute atomic E-state index is 0.409. The second-order valence-electron chi connectivity index (χ2n) is 6.35. The number of ether oxygens (including phenoxy) is 1.